The van der Waals surface area contributed by atoms with Crippen LogP contribution in [0, 0.1) is 25.5 Å². The highest BCUT2D eigenvalue weighted by Gasteiger charge is 2.07. The molecule has 0 atom stereocenters. The van der Waals surface area contributed by atoms with Gasteiger partial charge in [0.05, 0.1) is 0 Å². The normalized spacial score (nSPS) is 10.5. The molecule has 2 N–H and O–H groups in total. The standard InChI is InChI=1S/C18H16F2N4/c1-11-5-3-4-6-16(11)23-18-21-12(2)9-17(24-18)22-13-7-8-14(19)15(20)10-13/h3-10H,1-2H3,(H2,21,22,23,24). The fourth-order valence-corrected chi connectivity index (χ4v) is 2.24. The summed E-state index contributed by atoms with van der Waals surface area (Å²) in [6.45, 7) is 3.82. The van der Waals surface area contributed by atoms with E-state index in [-0.39, 0.29) is 0 Å². The lowest BCUT2D eigenvalue weighted by Gasteiger charge is -2.11. The van der Waals surface area contributed by atoms with Gasteiger partial charge in [-0.2, -0.15) is 4.98 Å². The number of hydrogen-bond acceptors (Lipinski definition) is 4. The van der Waals surface area contributed by atoms with E-state index in [1.807, 2.05) is 38.1 Å². The van der Waals surface area contributed by atoms with Crippen LogP contribution >= 0.6 is 0 Å². The molecule has 122 valence electrons. The van der Waals surface area contributed by atoms with Crippen LogP contribution in [0.15, 0.2) is 48.5 Å². The smallest absolute Gasteiger partial charge is 0.229 e. The van der Waals surface area contributed by atoms with Gasteiger partial charge in [0.1, 0.15) is 5.82 Å². The first-order valence-corrected chi connectivity index (χ1v) is 7.42. The highest BCUT2D eigenvalue weighted by atomic mass is 19.2. The van der Waals surface area contributed by atoms with E-state index in [4.69, 9.17) is 0 Å². The van der Waals surface area contributed by atoms with Gasteiger partial charge in [-0.05, 0) is 37.6 Å². The Morgan fingerprint density at radius 1 is 0.833 bits per heavy atom. The van der Waals surface area contributed by atoms with Crippen molar-refractivity contribution < 1.29 is 8.78 Å². The van der Waals surface area contributed by atoms with Crippen molar-refractivity contribution in [1.82, 2.24) is 9.97 Å². The van der Waals surface area contributed by atoms with E-state index >= 15 is 0 Å². The molecule has 0 bridgehead atoms. The molecular formula is C18H16F2N4. The van der Waals surface area contributed by atoms with E-state index in [0.717, 1.165) is 29.1 Å². The summed E-state index contributed by atoms with van der Waals surface area (Å²) in [7, 11) is 0. The Kier molecular flexibility index (Phi) is 4.37. The maximum absolute atomic E-state index is 13.3. The van der Waals surface area contributed by atoms with Gasteiger partial charge in [0.25, 0.3) is 0 Å². The molecule has 0 saturated heterocycles. The highest BCUT2D eigenvalue weighted by molar-refractivity contribution is 5.62. The number of anilines is 4. The summed E-state index contributed by atoms with van der Waals surface area (Å²) >= 11 is 0. The van der Waals surface area contributed by atoms with Crippen molar-refractivity contribution in [3.8, 4) is 0 Å². The Morgan fingerprint density at radius 2 is 1.62 bits per heavy atom. The number of benzene rings is 2. The number of aryl methyl sites for hydroxylation is 2. The Morgan fingerprint density at radius 3 is 2.38 bits per heavy atom. The number of nitrogens with zero attached hydrogens (tertiary/aromatic N) is 2. The zero-order valence-electron chi connectivity index (χ0n) is 13.3. The average Bonchev–Trinajstić information content (AvgIpc) is 2.53. The first kappa shape index (κ1) is 15.9. The van der Waals surface area contributed by atoms with Crippen molar-refractivity contribution >= 4 is 23.1 Å². The monoisotopic (exact) mass is 326 g/mol. The van der Waals surface area contributed by atoms with Crippen LogP contribution in [0.1, 0.15) is 11.3 Å². The number of halogens is 2. The fraction of sp³-hybridized carbons (Fsp3) is 0.111. The van der Waals surface area contributed by atoms with Crippen molar-refractivity contribution in [3.63, 3.8) is 0 Å². The predicted molar refractivity (Wildman–Crippen MR) is 90.9 cm³/mol. The minimum Gasteiger partial charge on any atom is -0.340 e. The molecule has 0 aliphatic carbocycles. The topological polar surface area (TPSA) is 49.8 Å². The minimum atomic E-state index is -0.913. The lowest BCUT2D eigenvalue weighted by Crippen LogP contribution is -2.03. The van der Waals surface area contributed by atoms with E-state index in [1.54, 1.807) is 6.07 Å². The van der Waals surface area contributed by atoms with Crippen LogP contribution in [0.2, 0.25) is 0 Å². The summed E-state index contributed by atoms with van der Waals surface area (Å²) in [5.41, 5.74) is 3.12. The van der Waals surface area contributed by atoms with Gasteiger partial charge in [0.2, 0.25) is 5.95 Å². The lowest BCUT2D eigenvalue weighted by molar-refractivity contribution is 0.509. The van der Waals surface area contributed by atoms with Crippen LogP contribution in [0.4, 0.5) is 31.9 Å². The van der Waals surface area contributed by atoms with Gasteiger partial charge in [0, 0.05) is 29.2 Å². The first-order valence-electron chi connectivity index (χ1n) is 7.42. The summed E-state index contributed by atoms with van der Waals surface area (Å²) in [4.78, 5) is 8.72. The summed E-state index contributed by atoms with van der Waals surface area (Å²) in [6, 6.07) is 13.1. The second-order valence-electron chi connectivity index (χ2n) is 5.41. The number of hydrogen-bond donors (Lipinski definition) is 2. The van der Waals surface area contributed by atoms with Crippen LogP contribution < -0.4 is 10.6 Å². The van der Waals surface area contributed by atoms with Gasteiger partial charge in [-0.15, -0.1) is 0 Å². The molecule has 1 aromatic heterocycles. The molecule has 0 spiro atoms. The minimum absolute atomic E-state index is 0.411. The second-order valence-corrected chi connectivity index (χ2v) is 5.41. The van der Waals surface area contributed by atoms with Crippen molar-refractivity contribution in [2.45, 2.75) is 13.8 Å². The van der Waals surface area contributed by atoms with Crippen LogP contribution in [-0.4, -0.2) is 9.97 Å². The van der Waals surface area contributed by atoms with E-state index in [2.05, 4.69) is 20.6 Å². The predicted octanol–water partition coefficient (Wildman–Crippen LogP) is 4.86. The third-order valence-electron chi connectivity index (χ3n) is 3.44. The maximum Gasteiger partial charge on any atom is 0.229 e. The van der Waals surface area contributed by atoms with Crippen molar-refractivity contribution in [1.29, 1.82) is 0 Å². The molecule has 0 amide bonds. The molecule has 0 fully saturated rings. The molecule has 3 aromatic rings. The molecule has 3 rings (SSSR count). The summed E-state index contributed by atoms with van der Waals surface area (Å²) in [5, 5.41) is 6.12. The number of para-hydroxylation sites is 1. The Labute approximate surface area is 138 Å². The molecule has 4 nitrogen and oxygen atoms in total. The fourth-order valence-electron chi connectivity index (χ4n) is 2.24. The molecule has 0 unspecified atom stereocenters. The van der Waals surface area contributed by atoms with Crippen molar-refractivity contribution in [3.05, 3.63) is 71.4 Å². The third kappa shape index (κ3) is 3.65. The first-order chi connectivity index (χ1) is 11.5. The van der Waals surface area contributed by atoms with Gasteiger partial charge in [-0.3, -0.25) is 0 Å². The van der Waals surface area contributed by atoms with E-state index in [9.17, 15) is 8.78 Å². The summed E-state index contributed by atoms with van der Waals surface area (Å²) in [5.74, 6) is -0.885. The van der Waals surface area contributed by atoms with Crippen molar-refractivity contribution in [2.24, 2.45) is 0 Å². The number of aromatic nitrogens is 2. The van der Waals surface area contributed by atoms with E-state index in [1.165, 1.54) is 6.07 Å². The van der Waals surface area contributed by atoms with Gasteiger partial charge >= 0.3 is 0 Å². The zero-order valence-corrected chi connectivity index (χ0v) is 13.3. The Bertz CT molecular complexity index is 881. The SMILES string of the molecule is Cc1cc(Nc2ccc(F)c(F)c2)nc(Nc2ccccc2C)n1. The molecule has 2 aromatic carbocycles. The molecule has 1 heterocycles. The molecule has 0 saturated carbocycles. The van der Waals surface area contributed by atoms with Crippen molar-refractivity contribution in [2.75, 3.05) is 10.6 Å². The van der Waals surface area contributed by atoms with Crippen LogP contribution in [0.5, 0.6) is 0 Å². The van der Waals surface area contributed by atoms with Gasteiger partial charge in [0.15, 0.2) is 11.6 Å². The molecule has 0 aliphatic heterocycles. The zero-order chi connectivity index (χ0) is 17.1. The van der Waals surface area contributed by atoms with E-state index < -0.39 is 11.6 Å². The number of rotatable bonds is 4. The largest absolute Gasteiger partial charge is 0.340 e. The third-order valence-corrected chi connectivity index (χ3v) is 3.44. The van der Waals surface area contributed by atoms with Gasteiger partial charge < -0.3 is 10.6 Å². The summed E-state index contributed by atoms with van der Waals surface area (Å²) < 4.78 is 26.3. The van der Waals surface area contributed by atoms with Crippen LogP contribution in [0.3, 0.4) is 0 Å². The average molecular weight is 326 g/mol. The van der Waals surface area contributed by atoms with Crippen LogP contribution in [-0.2, 0) is 0 Å². The molecule has 24 heavy (non-hydrogen) atoms. The van der Waals surface area contributed by atoms with E-state index in [0.29, 0.717) is 17.5 Å². The second kappa shape index (κ2) is 6.62. The van der Waals surface area contributed by atoms with Gasteiger partial charge in [-0.25, -0.2) is 13.8 Å². The quantitative estimate of drug-likeness (QED) is 0.719. The maximum atomic E-state index is 13.3. The number of nitrogens with one attached hydrogen (secondary N) is 2. The lowest BCUT2D eigenvalue weighted by atomic mass is 10.2. The molecule has 0 radical (unpaired) electrons. The Hall–Kier alpha value is -3.02. The Balaban J connectivity index is 1.86. The molecule has 6 heteroatoms. The molecular weight excluding hydrogens is 310 g/mol. The van der Waals surface area contributed by atoms with Gasteiger partial charge in [-0.1, -0.05) is 18.2 Å². The highest BCUT2D eigenvalue weighted by Crippen LogP contribution is 2.22. The molecule has 0 aliphatic rings. The van der Waals surface area contributed by atoms with Crippen LogP contribution in [0.25, 0.3) is 0 Å². The summed E-state index contributed by atoms with van der Waals surface area (Å²) in [6.07, 6.45) is 0.